The lowest BCUT2D eigenvalue weighted by atomic mass is 10.2. The maximum Gasteiger partial charge on any atom is 0.343 e. The fraction of sp³-hybridized carbons (Fsp3) is 0.500. The molecular formula is C18H20N4O6S. The average molecular weight is 420 g/mol. The third-order valence-electron chi connectivity index (χ3n) is 5.00. The lowest BCUT2D eigenvalue weighted by molar-refractivity contribution is -0.154. The van der Waals surface area contributed by atoms with Crippen molar-refractivity contribution in [2.45, 2.75) is 38.2 Å². The summed E-state index contributed by atoms with van der Waals surface area (Å²) in [6.07, 6.45) is 0.761. The largest absolute Gasteiger partial charge is 0.462 e. The average Bonchev–Trinajstić information content (AvgIpc) is 3.33. The molecule has 29 heavy (non-hydrogen) atoms. The number of aryl methyl sites for hydroxylation is 1. The molecule has 0 aliphatic carbocycles. The molecule has 1 amide bonds. The van der Waals surface area contributed by atoms with E-state index >= 15 is 0 Å². The van der Waals surface area contributed by atoms with Crippen LogP contribution in [0.1, 0.15) is 41.7 Å². The van der Waals surface area contributed by atoms with Crippen molar-refractivity contribution in [1.29, 1.82) is 0 Å². The lowest BCUT2D eigenvalue weighted by Gasteiger charge is -2.28. The van der Waals surface area contributed by atoms with Gasteiger partial charge in [0.15, 0.2) is 17.3 Å². The fourth-order valence-electron chi connectivity index (χ4n) is 3.72. The minimum absolute atomic E-state index is 0.0343. The number of nitrogens with zero attached hydrogens (tertiary/aromatic N) is 3. The smallest absolute Gasteiger partial charge is 0.343 e. The molecule has 4 heterocycles. The quantitative estimate of drug-likeness (QED) is 0.706. The Hall–Kier alpha value is -2.82. The molecule has 10 nitrogen and oxygen atoms in total. The monoisotopic (exact) mass is 420 g/mol. The van der Waals surface area contributed by atoms with Gasteiger partial charge in [-0.25, -0.2) is 14.6 Å². The molecule has 2 fully saturated rings. The number of carbonyl (C=O) groups is 3. The standard InChI is InChI=1S/C18H20N4O6S/c1-3-26-16(24)12-9(2)28-15-13(12)14(19)20-10(21-15)8-27-17(25)18-5-4-11(23)22(18)6-7-29-18/h3-8H2,1-2H3,(H2,19,20,21)/t18-/m1/s1. The van der Waals surface area contributed by atoms with Crippen LogP contribution in [0.4, 0.5) is 5.82 Å². The summed E-state index contributed by atoms with van der Waals surface area (Å²) >= 11 is 1.42. The second-order valence-corrected chi connectivity index (χ2v) is 8.09. The highest BCUT2D eigenvalue weighted by Gasteiger charge is 2.56. The van der Waals surface area contributed by atoms with Crippen LogP contribution in [-0.2, 0) is 25.7 Å². The van der Waals surface area contributed by atoms with Crippen molar-refractivity contribution < 1.29 is 28.3 Å². The van der Waals surface area contributed by atoms with E-state index in [1.54, 1.807) is 18.7 Å². The number of thioether (sulfide) groups is 1. The first-order chi connectivity index (χ1) is 13.9. The number of esters is 2. The van der Waals surface area contributed by atoms with Crippen LogP contribution in [0.5, 0.6) is 0 Å². The maximum atomic E-state index is 12.7. The Labute approximate surface area is 170 Å². The molecule has 0 spiro atoms. The van der Waals surface area contributed by atoms with E-state index in [0.717, 1.165) is 0 Å². The highest BCUT2D eigenvalue weighted by molar-refractivity contribution is 8.01. The van der Waals surface area contributed by atoms with Crippen LogP contribution >= 0.6 is 11.8 Å². The SMILES string of the molecule is CCOC(=O)c1c(C)oc2nc(COC(=O)[C@]34CCC(=O)N3CCS4)nc(N)c12. The third-order valence-corrected chi connectivity index (χ3v) is 6.46. The summed E-state index contributed by atoms with van der Waals surface area (Å²) in [7, 11) is 0. The number of amides is 1. The van der Waals surface area contributed by atoms with Crippen molar-refractivity contribution in [3.63, 3.8) is 0 Å². The van der Waals surface area contributed by atoms with Crippen molar-refractivity contribution in [2.24, 2.45) is 0 Å². The van der Waals surface area contributed by atoms with Gasteiger partial charge in [-0.2, -0.15) is 4.98 Å². The van der Waals surface area contributed by atoms with Crippen molar-refractivity contribution in [3.8, 4) is 0 Å². The number of hydrogen-bond acceptors (Lipinski definition) is 10. The first kappa shape index (κ1) is 19.5. The molecule has 2 aromatic rings. The number of carbonyl (C=O) groups excluding carboxylic acids is 3. The fourth-order valence-corrected chi connectivity index (χ4v) is 5.10. The zero-order chi connectivity index (χ0) is 20.8. The normalized spacial score (nSPS) is 20.9. The van der Waals surface area contributed by atoms with E-state index in [9.17, 15) is 14.4 Å². The molecule has 154 valence electrons. The van der Waals surface area contributed by atoms with Gasteiger partial charge in [0.05, 0.1) is 12.0 Å². The maximum absolute atomic E-state index is 12.7. The van der Waals surface area contributed by atoms with Crippen LogP contribution < -0.4 is 5.73 Å². The summed E-state index contributed by atoms with van der Waals surface area (Å²) in [6, 6.07) is 0. The number of hydrogen-bond donors (Lipinski definition) is 1. The Balaban J connectivity index is 1.56. The van der Waals surface area contributed by atoms with Gasteiger partial charge in [0.2, 0.25) is 11.6 Å². The van der Waals surface area contributed by atoms with Gasteiger partial charge in [-0.3, -0.25) is 4.79 Å². The molecule has 0 aromatic carbocycles. The number of aromatic nitrogens is 2. The van der Waals surface area contributed by atoms with E-state index in [1.165, 1.54) is 11.8 Å². The summed E-state index contributed by atoms with van der Waals surface area (Å²) in [5.41, 5.74) is 6.32. The first-order valence-electron chi connectivity index (χ1n) is 9.21. The number of rotatable bonds is 5. The summed E-state index contributed by atoms with van der Waals surface area (Å²) in [5.74, 6) is 0.0900. The van der Waals surface area contributed by atoms with E-state index < -0.39 is 16.8 Å². The topological polar surface area (TPSA) is 138 Å². The number of ether oxygens (including phenoxy) is 2. The van der Waals surface area contributed by atoms with Crippen molar-refractivity contribution in [1.82, 2.24) is 14.9 Å². The van der Waals surface area contributed by atoms with Crippen LogP contribution in [0.3, 0.4) is 0 Å². The molecule has 2 N–H and O–H groups in total. The molecule has 2 aliphatic heterocycles. The highest BCUT2D eigenvalue weighted by atomic mass is 32.2. The molecule has 0 unspecified atom stereocenters. The Bertz CT molecular complexity index is 1020. The number of fused-ring (bicyclic) bond motifs is 2. The van der Waals surface area contributed by atoms with Gasteiger partial charge < -0.3 is 24.5 Å². The van der Waals surface area contributed by atoms with E-state index in [4.69, 9.17) is 19.6 Å². The van der Waals surface area contributed by atoms with Gasteiger partial charge in [0.1, 0.15) is 17.1 Å². The van der Waals surface area contributed by atoms with Crippen LogP contribution in [0.25, 0.3) is 11.1 Å². The minimum Gasteiger partial charge on any atom is -0.462 e. The summed E-state index contributed by atoms with van der Waals surface area (Å²) < 4.78 is 16.0. The van der Waals surface area contributed by atoms with Gasteiger partial charge in [-0.05, 0) is 20.3 Å². The van der Waals surface area contributed by atoms with Gasteiger partial charge in [0.25, 0.3) is 0 Å². The van der Waals surface area contributed by atoms with Gasteiger partial charge in [0, 0.05) is 18.7 Å². The molecule has 2 aromatic heterocycles. The first-order valence-corrected chi connectivity index (χ1v) is 10.2. The lowest BCUT2D eigenvalue weighted by Crippen LogP contribution is -2.46. The molecule has 2 aliphatic rings. The van der Waals surface area contributed by atoms with Crippen molar-refractivity contribution in [3.05, 3.63) is 17.1 Å². The van der Waals surface area contributed by atoms with Gasteiger partial charge in [-0.1, -0.05) is 0 Å². The molecular weight excluding hydrogens is 400 g/mol. The summed E-state index contributed by atoms with van der Waals surface area (Å²) in [6.45, 7) is 3.82. The molecule has 4 rings (SSSR count). The minimum atomic E-state index is -0.953. The van der Waals surface area contributed by atoms with E-state index in [1.807, 2.05) is 0 Å². The number of nitrogens with two attached hydrogens (primary N) is 1. The van der Waals surface area contributed by atoms with E-state index in [0.29, 0.717) is 30.9 Å². The number of furan rings is 1. The Kier molecular flexibility index (Phi) is 4.85. The van der Waals surface area contributed by atoms with Crippen LogP contribution in [-0.4, -0.2) is 56.5 Å². The highest BCUT2D eigenvalue weighted by Crippen LogP contribution is 2.45. The second kappa shape index (κ2) is 7.21. The molecule has 1 atom stereocenters. The Morgan fingerprint density at radius 2 is 2.14 bits per heavy atom. The molecule has 11 heteroatoms. The zero-order valence-electron chi connectivity index (χ0n) is 16.0. The summed E-state index contributed by atoms with van der Waals surface area (Å²) in [5, 5.41) is 0.272. The predicted molar refractivity (Wildman–Crippen MR) is 103 cm³/mol. The van der Waals surface area contributed by atoms with Crippen molar-refractivity contribution in [2.75, 3.05) is 24.6 Å². The van der Waals surface area contributed by atoms with Crippen molar-refractivity contribution >= 4 is 46.5 Å². The van der Waals surface area contributed by atoms with E-state index in [-0.39, 0.29) is 47.4 Å². The van der Waals surface area contributed by atoms with E-state index in [2.05, 4.69) is 9.97 Å². The Morgan fingerprint density at radius 3 is 2.90 bits per heavy atom. The zero-order valence-corrected chi connectivity index (χ0v) is 16.8. The molecule has 0 bridgehead atoms. The van der Waals surface area contributed by atoms with Crippen LogP contribution in [0, 0.1) is 6.92 Å². The summed E-state index contributed by atoms with van der Waals surface area (Å²) in [4.78, 5) is 45.9. The molecule has 2 saturated heterocycles. The van der Waals surface area contributed by atoms with Gasteiger partial charge >= 0.3 is 11.9 Å². The van der Waals surface area contributed by atoms with Crippen LogP contribution in [0.15, 0.2) is 4.42 Å². The van der Waals surface area contributed by atoms with Crippen LogP contribution in [0.2, 0.25) is 0 Å². The number of anilines is 1. The predicted octanol–water partition coefficient (Wildman–Crippen LogP) is 1.40. The van der Waals surface area contributed by atoms with Gasteiger partial charge in [-0.15, -0.1) is 11.8 Å². The molecule has 0 saturated carbocycles. The Morgan fingerprint density at radius 1 is 1.34 bits per heavy atom. The second-order valence-electron chi connectivity index (χ2n) is 6.71. The number of nitrogen functional groups attached to an aromatic ring is 1. The third kappa shape index (κ3) is 3.09. The molecule has 0 radical (unpaired) electrons.